The third-order valence-corrected chi connectivity index (χ3v) is 8.60. The molecule has 0 unspecified atom stereocenters. The number of aliphatic hydroxyl groups excluding tert-OH is 1. The van der Waals surface area contributed by atoms with Gasteiger partial charge in [-0.2, -0.15) is 4.31 Å². The summed E-state index contributed by atoms with van der Waals surface area (Å²) in [7, 11) is -1.82. The third kappa shape index (κ3) is 5.40. The first kappa shape index (κ1) is 24.1. The molecule has 0 saturated heterocycles. The van der Waals surface area contributed by atoms with Gasteiger partial charge >= 0.3 is 0 Å². The van der Waals surface area contributed by atoms with E-state index in [1.807, 2.05) is 6.92 Å². The summed E-state index contributed by atoms with van der Waals surface area (Å²) in [5.41, 5.74) is 1.33. The van der Waals surface area contributed by atoms with Crippen molar-refractivity contribution in [1.29, 1.82) is 0 Å². The van der Waals surface area contributed by atoms with E-state index < -0.39 is 16.1 Å². The van der Waals surface area contributed by atoms with Gasteiger partial charge in [-0.3, -0.25) is 0 Å². The van der Waals surface area contributed by atoms with Crippen LogP contribution in [0.2, 0.25) is 0 Å². The maximum Gasteiger partial charge on any atom is 0.247 e. The van der Waals surface area contributed by atoms with E-state index in [0.717, 1.165) is 12.5 Å². The lowest BCUT2D eigenvalue weighted by Crippen LogP contribution is -2.49. The predicted octanol–water partition coefficient (Wildman–Crippen LogP) is 3.60. The van der Waals surface area contributed by atoms with E-state index in [4.69, 9.17) is 4.74 Å². The topological polar surface area (TPSA) is 70.1 Å². The van der Waals surface area contributed by atoms with Gasteiger partial charge in [0.25, 0.3) is 0 Å². The Bertz CT molecular complexity index is 1090. The molecule has 1 saturated carbocycles. The first-order valence-electron chi connectivity index (χ1n) is 11.6. The second-order valence-electron chi connectivity index (χ2n) is 9.58. The molecule has 1 heterocycles. The molecule has 8 heteroatoms. The number of nitrogens with zero attached hydrogens (tertiary/aromatic N) is 2. The van der Waals surface area contributed by atoms with Crippen LogP contribution in [0.15, 0.2) is 47.4 Å². The van der Waals surface area contributed by atoms with Gasteiger partial charge < -0.3 is 14.7 Å². The quantitative estimate of drug-likeness (QED) is 0.661. The number of fused-ring (bicyclic) bond motifs is 1. The molecule has 4 rings (SSSR count). The Hall–Kier alpha value is -2.00. The summed E-state index contributed by atoms with van der Waals surface area (Å²) in [6, 6.07) is 10.5. The maximum atomic E-state index is 13.8. The lowest BCUT2D eigenvalue weighted by molar-refractivity contribution is 0.0741. The third-order valence-electron chi connectivity index (χ3n) is 6.58. The number of likely N-dealkylation sites (N-methyl/N-ethyl adjacent to an activating group) is 1. The zero-order chi connectivity index (χ0) is 23.8. The second-order valence-corrected chi connectivity index (χ2v) is 11.4. The molecular formula is C25H33FN2O4S. The van der Waals surface area contributed by atoms with Crippen LogP contribution in [0.3, 0.4) is 0 Å². The minimum atomic E-state index is -3.89. The molecular weight excluding hydrogens is 443 g/mol. The fourth-order valence-corrected chi connectivity index (χ4v) is 6.24. The number of sulfonamides is 1. The summed E-state index contributed by atoms with van der Waals surface area (Å²) in [4.78, 5) is 2.33. The number of rotatable bonds is 7. The van der Waals surface area contributed by atoms with Crippen molar-refractivity contribution in [2.24, 2.45) is 11.8 Å². The van der Waals surface area contributed by atoms with Crippen molar-refractivity contribution in [3.63, 3.8) is 0 Å². The van der Waals surface area contributed by atoms with Gasteiger partial charge in [0.15, 0.2) is 0 Å². The van der Waals surface area contributed by atoms with Gasteiger partial charge in [0.05, 0.1) is 6.61 Å². The van der Waals surface area contributed by atoms with Gasteiger partial charge in [-0.15, -0.1) is 0 Å². The first-order chi connectivity index (χ1) is 15.7. The lowest BCUT2D eigenvalue weighted by Gasteiger charge is -2.37. The fraction of sp³-hybridized carbons (Fsp3) is 0.520. The molecule has 0 spiro atoms. The molecule has 1 N–H and O–H groups in total. The summed E-state index contributed by atoms with van der Waals surface area (Å²) in [5, 5.41) is 9.77. The van der Waals surface area contributed by atoms with Crippen molar-refractivity contribution in [3.8, 4) is 16.9 Å². The summed E-state index contributed by atoms with van der Waals surface area (Å²) < 4.78 is 48.8. The molecule has 0 bridgehead atoms. The van der Waals surface area contributed by atoms with Gasteiger partial charge in [-0.25, -0.2) is 12.8 Å². The Morgan fingerprint density at radius 1 is 1.18 bits per heavy atom. The van der Waals surface area contributed by atoms with Crippen molar-refractivity contribution < 1.29 is 22.7 Å². The smallest absolute Gasteiger partial charge is 0.247 e. The number of aliphatic hydroxyl groups is 1. The van der Waals surface area contributed by atoms with E-state index in [-0.39, 0.29) is 41.6 Å². The van der Waals surface area contributed by atoms with Gasteiger partial charge in [0.2, 0.25) is 10.0 Å². The molecule has 6 nitrogen and oxygen atoms in total. The normalized spacial score (nSPS) is 23.9. The van der Waals surface area contributed by atoms with Crippen molar-refractivity contribution in [2.75, 3.05) is 33.3 Å². The van der Waals surface area contributed by atoms with Crippen molar-refractivity contribution >= 4 is 10.0 Å². The van der Waals surface area contributed by atoms with Crippen LogP contribution in [0.1, 0.15) is 26.7 Å². The molecule has 180 valence electrons. The molecule has 0 aromatic heterocycles. The van der Waals surface area contributed by atoms with Gasteiger partial charge in [-0.1, -0.05) is 25.1 Å². The molecule has 1 aliphatic carbocycles. The molecule has 2 aliphatic rings. The molecule has 33 heavy (non-hydrogen) atoms. The highest BCUT2D eigenvalue weighted by Gasteiger charge is 2.38. The molecule has 1 aliphatic heterocycles. The van der Waals surface area contributed by atoms with Gasteiger partial charge in [-0.05, 0) is 68.1 Å². The second kappa shape index (κ2) is 9.70. The molecule has 1 fully saturated rings. The van der Waals surface area contributed by atoms with Crippen LogP contribution in [0.5, 0.6) is 5.75 Å². The largest absolute Gasteiger partial charge is 0.487 e. The summed E-state index contributed by atoms with van der Waals surface area (Å²) in [6.45, 7) is 5.36. The van der Waals surface area contributed by atoms with E-state index in [1.54, 1.807) is 31.2 Å². The Balaban J connectivity index is 1.75. The number of benzene rings is 2. The molecule has 0 amide bonds. The standard InChI is InChI=1S/C25H33FN2O4S/c1-17-13-28(18(2)16-29)33(30,31)25-10-9-21(20-5-4-6-22(26)11-20)12-23(25)32-24(17)15-27(3)14-19-7-8-19/h4-6,9-12,17-19,24,29H,7-8,13-16H2,1-3H3/t17-,18-,24-/m1/s1. The number of halogens is 1. The monoisotopic (exact) mass is 476 g/mol. The number of ether oxygens (including phenoxy) is 1. The van der Waals surface area contributed by atoms with E-state index in [0.29, 0.717) is 17.7 Å². The summed E-state index contributed by atoms with van der Waals surface area (Å²) >= 11 is 0. The SMILES string of the molecule is C[C@@H]1CN([C@H](C)CO)S(=O)(=O)c2ccc(-c3cccc(F)c3)cc2O[C@@H]1CN(C)CC1CC1. The number of hydrogen-bond acceptors (Lipinski definition) is 5. The zero-order valence-corrected chi connectivity index (χ0v) is 20.3. The zero-order valence-electron chi connectivity index (χ0n) is 19.4. The van der Waals surface area contributed by atoms with Crippen LogP contribution in [-0.4, -0.2) is 68.2 Å². The van der Waals surface area contributed by atoms with Gasteiger partial charge in [0, 0.05) is 31.6 Å². The number of hydrogen-bond donors (Lipinski definition) is 1. The average molecular weight is 477 g/mol. The first-order valence-corrected chi connectivity index (χ1v) is 13.0. The summed E-state index contributed by atoms with van der Waals surface area (Å²) in [6.07, 6.45) is 2.27. The molecule has 3 atom stereocenters. The highest BCUT2D eigenvalue weighted by atomic mass is 32.2. The van der Waals surface area contributed by atoms with E-state index >= 15 is 0 Å². The summed E-state index contributed by atoms with van der Waals surface area (Å²) in [5.74, 6) is 0.547. The highest BCUT2D eigenvalue weighted by Crippen LogP contribution is 2.37. The van der Waals surface area contributed by atoms with Crippen LogP contribution in [0.4, 0.5) is 4.39 Å². The fourth-order valence-electron chi connectivity index (χ4n) is 4.41. The van der Waals surface area contributed by atoms with E-state index in [9.17, 15) is 17.9 Å². The van der Waals surface area contributed by atoms with Crippen LogP contribution in [0, 0.1) is 17.7 Å². The van der Waals surface area contributed by atoms with Crippen LogP contribution < -0.4 is 4.74 Å². The Labute approximate surface area is 196 Å². The Kier molecular flexibility index (Phi) is 7.09. The van der Waals surface area contributed by atoms with Crippen LogP contribution in [0.25, 0.3) is 11.1 Å². The highest BCUT2D eigenvalue weighted by molar-refractivity contribution is 7.89. The van der Waals surface area contributed by atoms with Crippen molar-refractivity contribution in [3.05, 3.63) is 48.3 Å². The van der Waals surface area contributed by atoms with E-state index in [2.05, 4.69) is 11.9 Å². The minimum absolute atomic E-state index is 0.0738. The van der Waals surface area contributed by atoms with Gasteiger partial charge in [0.1, 0.15) is 22.6 Å². The Morgan fingerprint density at radius 2 is 1.91 bits per heavy atom. The van der Waals surface area contributed by atoms with Crippen LogP contribution in [-0.2, 0) is 10.0 Å². The van der Waals surface area contributed by atoms with Crippen LogP contribution >= 0.6 is 0 Å². The Morgan fingerprint density at radius 3 is 2.58 bits per heavy atom. The maximum absolute atomic E-state index is 13.8. The molecule has 2 aromatic carbocycles. The lowest BCUT2D eigenvalue weighted by atomic mass is 10.0. The average Bonchev–Trinajstić information content (AvgIpc) is 3.59. The van der Waals surface area contributed by atoms with Crippen molar-refractivity contribution in [2.45, 2.75) is 43.7 Å². The van der Waals surface area contributed by atoms with E-state index in [1.165, 1.54) is 35.3 Å². The predicted molar refractivity (Wildman–Crippen MR) is 126 cm³/mol. The molecule has 0 radical (unpaired) electrons. The minimum Gasteiger partial charge on any atom is -0.487 e. The molecule has 2 aromatic rings. The van der Waals surface area contributed by atoms with Crippen molar-refractivity contribution in [1.82, 2.24) is 9.21 Å².